The molecule has 1 heterocycles. The maximum atomic E-state index is 12.4. The second-order valence-electron chi connectivity index (χ2n) is 5.37. The van der Waals surface area contributed by atoms with E-state index in [4.69, 9.17) is 21.9 Å². The Morgan fingerprint density at radius 1 is 1.32 bits per heavy atom. The summed E-state index contributed by atoms with van der Waals surface area (Å²) in [5.41, 5.74) is 8.56. The summed E-state index contributed by atoms with van der Waals surface area (Å²) >= 11 is 5.78. The predicted octanol–water partition coefficient (Wildman–Crippen LogP) is 5.00. The van der Waals surface area contributed by atoms with Crippen LogP contribution in [0.4, 0.5) is 18.9 Å². The van der Waals surface area contributed by atoms with Crippen LogP contribution in [0.5, 0.6) is 11.8 Å². The third-order valence-corrected chi connectivity index (χ3v) is 3.64. The van der Waals surface area contributed by atoms with Crippen LogP contribution in [0.1, 0.15) is 12.0 Å². The van der Waals surface area contributed by atoms with Gasteiger partial charge in [-0.3, -0.25) is 4.39 Å². The van der Waals surface area contributed by atoms with Gasteiger partial charge in [-0.25, -0.2) is 15.5 Å². The van der Waals surface area contributed by atoms with Crippen molar-refractivity contribution >= 4 is 17.3 Å². The summed E-state index contributed by atoms with van der Waals surface area (Å²) < 4.78 is 46.5. The number of aromatic nitrogens is 2. The molecular formula is C17H17ClF3N5O2. The molecule has 1 aromatic carbocycles. The van der Waals surface area contributed by atoms with Crippen LogP contribution in [0.25, 0.3) is 0 Å². The van der Waals surface area contributed by atoms with Crippen molar-refractivity contribution in [2.24, 2.45) is 5.11 Å². The summed E-state index contributed by atoms with van der Waals surface area (Å²) in [6.07, 6.45) is 5.37. The van der Waals surface area contributed by atoms with Crippen molar-refractivity contribution in [1.29, 1.82) is 5.53 Å². The second kappa shape index (κ2) is 11.1. The van der Waals surface area contributed by atoms with Gasteiger partial charge in [-0.1, -0.05) is 11.6 Å². The van der Waals surface area contributed by atoms with Crippen LogP contribution in [0, 0.1) is 5.53 Å². The molecule has 0 amide bonds. The van der Waals surface area contributed by atoms with Gasteiger partial charge in [-0.15, -0.1) is 0 Å². The summed E-state index contributed by atoms with van der Waals surface area (Å²) in [6, 6.07) is 4.30. The fourth-order valence-corrected chi connectivity index (χ4v) is 2.17. The zero-order chi connectivity index (χ0) is 20.4. The fourth-order valence-electron chi connectivity index (χ4n) is 2.01. The lowest BCUT2D eigenvalue weighted by Gasteiger charge is -2.09. The molecule has 0 aliphatic carbocycles. The van der Waals surface area contributed by atoms with Gasteiger partial charge in [0.1, 0.15) is 18.1 Å². The number of alkyl halides is 3. The number of rotatable bonds is 11. The highest BCUT2D eigenvalue weighted by Crippen LogP contribution is 2.29. The van der Waals surface area contributed by atoms with Crippen molar-refractivity contribution in [1.82, 2.24) is 9.97 Å². The van der Waals surface area contributed by atoms with E-state index in [9.17, 15) is 13.2 Å². The smallest absolute Gasteiger partial charge is 0.387 e. The summed E-state index contributed by atoms with van der Waals surface area (Å²) in [6.45, 7) is -3.51. The van der Waals surface area contributed by atoms with E-state index in [0.29, 0.717) is 18.5 Å². The molecule has 0 fully saturated rings. The Morgan fingerprint density at radius 2 is 2.07 bits per heavy atom. The van der Waals surface area contributed by atoms with Gasteiger partial charge in [0.15, 0.2) is 0 Å². The van der Waals surface area contributed by atoms with E-state index in [-0.39, 0.29) is 29.1 Å². The SMILES string of the molecule is N=N/C(=C\Nc1ccc(Cl)c(OC(F)F)c1)COc1ncc(CCCF)cn1. The van der Waals surface area contributed by atoms with Gasteiger partial charge >= 0.3 is 12.6 Å². The third-order valence-electron chi connectivity index (χ3n) is 3.33. The molecule has 0 unspecified atom stereocenters. The molecule has 2 rings (SSSR count). The Bertz CT molecular complexity index is 806. The van der Waals surface area contributed by atoms with Gasteiger partial charge in [-0.2, -0.15) is 13.9 Å². The molecule has 0 aliphatic rings. The molecule has 0 spiro atoms. The summed E-state index contributed by atoms with van der Waals surface area (Å²) in [5.74, 6) is -0.183. The molecule has 1 aromatic heterocycles. The topological polar surface area (TPSA) is 92.5 Å². The molecule has 0 aliphatic heterocycles. The van der Waals surface area contributed by atoms with Gasteiger partial charge in [0.2, 0.25) is 0 Å². The van der Waals surface area contributed by atoms with Crippen molar-refractivity contribution in [3.8, 4) is 11.8 Å². The predicted molar refractivity (Wildman–Crippen MR) is 96.8 cm³/mol. The van der Waals surface area contributed by atoms with Crippen LogP contribution in [0.15, 0.2) is 47.6 Å². The average molecular weight is 416 g/mol. The van der Waals surface area contributed by atoms with Crippen molar-refractivity contribution in [3.63, 3.8) is 0 Å². The molecule has 0 atom stereocenters. The van der Waals surface area contributed by atoms with E-state index in [1.807, 2.05) is 0 Å². The second-order valence-corrected chi connectivity index (χ2v) is 5.78. The molecule has 0 bridgehead atoms. The number of benzene rings is 1. The van der Waals surface area contributed by atoms with E-state index < -0.39 is 13.3 Å². The summed E-state index contributed by atoms with van der Waals surface area (Å²) in [7, 11) is 0. The molecule has 7 nitrogen and oxygen atoms in total. The van der Waals surface area contributed by atoms with Gasteiger partial charge < -0.3 is 14.8 Å². The van der Waals surface area contributed by atoms with Crippen molar-refractivity contribution in [3.05, 3.63) is 53.1 Å². The first-order valence-electron chi connectivity index (χ1n) is 8.09. The molecule has 2 N–H and O–H groups in total. The van der Waals surface area contributed by atoms with Crippen LogP contribution in [-0.2, 0) is 6.42 Å². The fraction of sp³-hybridized carbons (Fsp3) is 0.294. The lowest BCUT2D eigenvalue weighted by Crippen LogP contribution is -2.05. The average Bonchev–Trinajstić information content (AvgIpc) is 2.69. The van der Waals surface area contributed by atoms with E-state index in [1.165, 1.54) is 30.7 Å². The Balaban J connectivity index is 1.94. The van der Waals surface area contributed by atoms with Gasteiger partial charge in [-0.05, 0) is 30.5 Å². The number of aryl methyl sites for hydroxylation is 1. The summed E-state index contributed by atoms with van der Waals surface area (Å²) in [4.78, 5) is 7.99. The van der Waals surface area contributed by atoms with Crippen LogP contribution in [0.2, 0.25) is 5.02 Å². The molecule has 2 aromatic rings. The first-order valence-corrected chi connectivity index (χ1v) is 8.46. The molecule has 11 heteroatoms. The minimum Gasteiger partial charge on any atom is -0.457 e. The highest BCUT2D eigenvalue weighted by molar-refractivity contribution is 6.32. The highest BCUT2D eigenvalue weighted by Gasteiger charge is 2.09. The van der Waals surface area contributed by atoms with E-state index in [0.717, 1.165) is 5.56 Å². The Kier molecular flexibility index (Phi) is 8.47. The Labute approximate surface area is 164 Å². The van der Waals surface area contributed by atoms with E-state index >= 15 is 0 Å². The number of hydrogen-bond acceptors (Lipinski definition) is 7. The van der Waals surface area contributed by atoms with E-state index in [2.05, 4.69) is 25.1 Å². The van der Waals surface area contributed by atoms with Crippen LogP contribution in [0.3, 0.4) is 0 Å². The van der Waals surface area contributed by atoms with Crippen molar-refractivity contribution in [2.75, 3.05) is 18.6 Å². The number of ether oxygens (including phenoxy) is 2. The molecule has 0 saturated heterocycles. The summed E-state index contributed by atoms with van der Waals surface area (Å²) in [5, 5.41) is 6.14. The molecule has 0 saturated carbocycles. The lowest BCUT2D eigenvalue weighted by molar-refractivity contribution is -0.0497. The maximum absolute atomic E-state index is 12.4. The van der Waals surface area contributed by atoms with E-state index in [1.54, 1.807) is 6.07 Å². The van der Waals surface area contributed by atoms with Crippen molar-refractivity contribution < 1.29 is 22.6 Å². The minimum absolute atomic E-state index is 0.0377. The number of hydrogen-bond donors (Lipinski definition) is 2. The quantitative estimate of drug-likeness (QED) is 0.504. The number of anilines is 1. The number of nitrogens with zero attached hydrogens (tertiary/aromatic N) is 3. The normalized spacial score (nSPS) is 11.4. The Morgan fingerprint density at radius 3 is 2.71 bits per heavy atom. The number of halogens is 4. The zero-order valence-electron chi connectivity index (χ0n) is 14.5. The van der Waals surface area contributed by atoms with Gasteiger partial charge in [0.05, 0.1) is 11.7 Å². The molecule has 28 heavy (non-hydrogen) atoms. The van der Waals surface area contributed by atoms with Gasteiger partial charge in [0, 0.05) is 30.3 Å². The monoisotopic (exact) mass is 415 g/mol. The Hall–Kier alpha value is -2.88. The first-order chi connectivity index (χ1) is 13.5. The maximum Gasteiger partial charge on any atom is 0.387 e. The first kappa shape index (κ1) is 21.4. The molecule has 150 valence electrons. The lowest BCUT2D eigenvalue weighted by atomic mass is 10.2. The van der Waals surface area contributed by atoms with Crippen LogP contribution in [-0.4, -0.2) is 29.9 Å². The number of nitrogens with one attached hydrogen (secondary N) is 2. The van der Waals surface area contributed by atoms with Crippen molar-refractivity contribution in [2.45, 2.75) is 19.5 Å². The standard InChI is InChI=1S/C17H17ClF3N5O2/c18-14-4-3-12(6-15(14)28-16(20)21)23-9-13(26-22)10-27-17-24-7-11(8-25-17)2-1-5-19/h3-4,6-9,16,22-23H,1-2,5,10H2/b13-9-,26-22?. The molecular weight excluding hydrogens is 399 g/mol. The van der Waals surface area contributed by atoms with Gasteiger partial charge in [0.25, 0.3) is 0 Å². The molecule has 0 radical (unpaired) electrons. The third kappa shape index (κ3) is 7.03. The highest BCUT2D eigenvalue weighted by atomic mass is 35.5. The minimum atomic E-state index is -3.00. The van der Waals surface area contributed by atoms with Crippen LogP contribution < -0.4 is 14.8 Å². The zero-order valence-corrected chi connectivity index (χ0v) is 15.3. The largest absolute Gasteiger partial charge is 0.457 e. The van der Waals surface area contributed by atoms with Crippen LogP contribution >= 0.6 is 11.6 Å².